The maximum absolute atomic E-state index is 11.2. The molecule has 0 aromatic rings. The van der Waals surface area contributed by atoms with Gasteiger partial charge in [0.25, 0.3) is 0 Å². The van der Waals surface area contributed by atoms with Crippen LogP contribution in [0, 0.1) is 5.92 Å². The van der Waals surface area contributed by atoms with Crippen LogP contribution in [0.5, 0.6) is 0 Å². The molecule has 0 amide bonds. The van der Waals surface area contributed by atoms with Gasteiger partial charge in [0.1, 0.15) is 12.6 Å². The van der Waals surface area contributed by atoms with Crippen molar-refractivity contribution in [3.63, 3.8) is 0 Å². The van der Waals surface area contributed by atoms with E-state index in [-0.39, 0.29) is 31.1 Å². The Morgan fingerprint density at radius 2 is 2.17 bits per heavy atom. The van der Waals surface area contributed by atoms with Gasteiger partial charge < -0.3 is 15.2 Å². The van der Waals surface area contributed by atoms with Gasteiger partial charge in [-0.05, 0) is 13.0 Å². The first kappa shape index (κ1) is 11.4. The van der Waals surface area contributed by atoms with Crippen molar-refractivity contribution in [2.75, 3.05) is 20.3 Å². The standard InChI is InChI=1S/C8H17NO3/c1-6(2)7(9-3)8(11)12-5-4-10/h6-7,9-10H,4-5H2,1-3H3/t7-/m0/s1. The van der Waals surface area contributed by atoms with Crippen molar-refractivity contribution in [1.82, 2.24) is 5.32 Å². The van der Waals surface area contributed by atoms with Crippen LogP contribution in [-0.2, 0) is 9.53 Å². The third-order valence-corrected chi connectivity index (χ3v) is 1.57. The molecule has 0 heterocycles. The van der Waals surface area contributed by atoms with E-state index >= 15 is 0 Å². The summed E-state index contributed by atoms with van der Waals surface area (Å²) in [6, 6.07) is -0.281. The van der Waals surface area contributed by atoms with Crippen LogP contribution in [0.2, 0.25) is 0 Å². The Morgan fingerprint density at radius 1 is 1.58 bits per heavy atom. The molecule has 0 spiro atoms. The van der Waals surface area contributed by atoms with Crippen molar-refractivity contribution < 1.29 is 14.6 Å². The van der Waals surface area contributed by atoms with E-state index in [4.69, 9.17) is 9.84 Å². The summed E-state index contributed by atoms with van der Waals surface area (Å²) in [7, 11) is 1.71. The van der Waals surface area contributed by atoms with Gasteiger partial charge >= 0.3 is 5.97 Å². The van der Waals surface area contributed by atoms with Gasteiger partial charge in [-0.15, -0.1) is 0 Å². The second-order valence-electron chi connectivity index (χ2n) is 2.90. The summed E-state index contributed by atoms with van der Waals surface area (Å²) in [5.41, 5.74) is 0. The fourth-order valence-electron chi connectivity index (χ4n) is 0.959. The lowest BCUT2D eigenvalue weighted by Gasteiger charge is -2.17. The van der Waals surface area contributed by atoms with Gasteiger partial charge in [0.2, 0.25) is 0 Å². The molecular formula is C8H17NO3. The zero-order valence-electron chi connectivity index (χ0n) is 7.83. The van der Waals surface area contributed by atoms with Gasteiger partial charge in [0, 0.05) is 0 Å². The minimum absolute atomic E-state index is 0.0731. The largest absolute Gasteiger partial charge is 0.462 e. The minimum Gasteiger partial charge on any atom is -0.462 e. The summed E-state index contributed by atoms with van der Waals surface area (Å²) in [4.78, 5) is 11.2. The Kier molecular flexibility index (Phi) is 5.66. The molecule has 0 aliphatic rings. The van der Waals surface area contributed by atoms with E-state index in [1.165, 1.54) is 0 Å². The van der Waals surface area contributed by atoms with E-state index < -0.39 is 0 Å². The molecular weight excluding hydrogens is 158 g/mol. The maximum atomic E-state index is 11.2. The molecule has 0 bridgehead atoms. The molecule has 0 aliphatic heterocycles. The van der Waals surface area contributed by atoms with Gasteiger partial charge in [0.05, 0.1) is 6.61 Å². The van der Waals surface area contributed by atoms with Crippen molar-refractivity contribution in [2.45, 2.75) is 19.9 Å². The fourth-order valence-corrected chi connectivity index (χ4v) is 0.959. The molecule has 0 unspecified atom stereocenters. The van der Waals surface area contributed by atoms with E-state index in [1.54, 1.807) is 7.05 Å². The van der Waals surface area contributed by atoms with Gasteiger partial charge in [-0.2, -0.15) is 0 Å². The predicted octanol–water partition coefficient (Wildman–Crippen LogP) is -0.234. The first-order chi connectivity index (χ1) is 5.63. The second-order valence-corrected chi connectivity index (χ2v) is 2.90. The van der Waals surface area contributed by atoms with Gasteiger partial charge in [-0.1, -0.05) is 13.8 Å². The third-order valence-electron chi connectivity index (χ3n) is 1.57. The molecule has 0 aliphatic carbocycles. The van der Waals surface area contributed by atoms with Crippen molar-refractivity contribution >= 4 is 5.97 Å². The fraction of sp³-hybridized carbons (Fsp3) is 0.875. The Hall–Kier alpha value is -0.610. The summed E-state index contributed by atoms with van der Waals surface area (Å²) in [6.45, 7) is 3.81. The van der Waals surface area contributed by atoms with Crippen LogP contribution < -0.4 is 5.32 Å². The molecule has 0 fully saturated rings. The van der Waals surface area contributed by atoms with Gasteiger partial charge in [0.15, 0.2) is 0 Å². The van der Waals surface area contributed by atoms with E-state index in [9.17, 15) is 4.79 Å². The number of hydrogen-bond donors (Lipinski definition) is 2. The van der Waals surface area contributed by atoms with E-state index in [0.29, 0.717) is 0 Å². The molecule has 0 aromatic heterocycles. The molecule has 0 radical (unpaired) electrons. The molecule has 0 rings (SSSR count). The average molecular weight is 175 g/mol. The Labute approximate surface area is 72.9 Å². The molecule has 72 valence electrons. The van der Waals surface area contributed by atoms with Crippen LogP contribution in [0.15, 0.2) is 0 Å². The zero-order valence-corrected chi connectivity index (χ0v) is 7.83. The summed E-state index contributed by atoms with van der Waals surface area (Å²) in [6.07, 6.45) is 0. The number of carbonyl (C=O) groups is 1. The second kappa shape index (κ2) is 5.97. The summed E-state index contributed by atoms with van der Waals surface area (Å²) < 4.78 is 4.75. The highest BCUT2D eigenvalue weighted by atomic mass is 16.5. The van der Waals surface area contributed by atoms with Crippen LogP contribution in [-0.4, -0.2) is 37.4 Å². The monoisotopic (exact) mass is 175 g/mol. The Balaban J connectivity index is 3.86. The molecule has 4 nitrogen and oxygen atoms in total. The smallest absolute Gasteiger partial charge is 0.323 e. The van der Waals surface area contributed by atoms with Gasteiger partial charge in [-0.25, -0.2) is 0 Å². The Morgan fingerprint density at radius 3 is 2.50 bits per heavy atom. The van der Waals surface area contributed by atoms with Crippen LogP contribution in [0.4, 0.5) is 0 Å². The first-order valence-corrected chi connectivity index (χ1v) is 4.08. The van der Waals surface area contributed by atoms with Crippen LogP contribution in [0.25, 0.3) is 0 Å². The molecule has 12 heavy (non-hydrogen) atoms. The van der Waals surface area contributed by atoms with Crippen molar-refractivity contribution in [3.05, 3.63) is 0 Å². The highest BCUT2D eigenvalue weighted by Gasteiger charge is 2.20. The maximum Gasteiger partial charge on any atom is 0.323 e. The number of nitrogens with one attached hydrogen (secondary N) is 1. The molecule has 0 saturated carbocycles. The number of hydrogen-bond acceptors (Lipinski definition) is 4. The van der Waals surface area contributed by atoms with Crippen LogP contribution in [0.1, 0.15) is 13.8 Å². The van der Waals surface area contributed by atoms with Crippen LogP contribution >= 0.6 is 0 Å². The van der Waals surface area contributed by atoms with Gasteiger partial charge in [-0.3, -0.25) is 4.79 Å². The quantitative estimate of drug-likeness (QED) is 0.566. The molecule has 2 N–H and O–H groups in total. The zero-order chi connectivity index (χ0) is 9.56. The average Bonchev–Trinajstić information content (AvgIpc) is 2.01. The predicted molar refractivity (Wildman–Crippen MR) is 45.7 cm³/mol. The number of rotatable bonds is 5. The van der Waals surface area contributed by atoms with Crippen molar-refractivity contribution in [2.24, 2.45) is 5.92 Å². The van der Waals surface area contributed by atoms with E-state index in [1.807, 2.05) is 13.8 Å². The lowest BCUT2D eigenvalue weighted by Crippen LogP contribution is -2.40. The number of ether oxygens (including phenoxy) is 1. The molecule has 4 heteroatoms. The molecule has 0 saturated heterocycles. The molecule has 0 aromatic carbocycles. The number of esters is 1. The van der Waals surface area contributed by atoms with Crippen molar-refractivity contribution in [1.29, 1.82) is 0 Å². The minimum atomic E-state index is -0.304. The lowest BCUT2D eigenvalue weighted by atomic mass is 10.1. The normalized spacial score (nSPS) is 13.1. The summed E-state index contributed by atoms with van der Waals surface area (Å²) >= 11 is 0. The Bertz CT molecular complexity index is 136. The molecule has 1 atom stereocenters. The number of likely N-dealkylation sites (N-methyl/N-ethyl adjacent to an activating group) is 1. The number of aliphatic hydroxyl groups is 1. The number of aliphatic hydroxyl groups excluding tert-OH is 1. The van der Waals surface area contributed by atoms with Crippen molar-refractivity contribution in [3.8, 4) is 0 Å². The number of carbonyl (C=O) groups excluding carboxylic acids is 1. The van der Waals surface area contributed by atoms with E-state index in [2.05, 4.69) is 5.32 Å². The SMILES string of the molecule is CN[C@H](C(=O)OCCO)C(C)C. The topological polar surface area (TPSA) is 58.6 Å². The summed E-state index contributed by atoms with van der Waals surface area (Å²) in [5, 5.41) is 11.3. The van der Waals surface area contributed by atoms with E-state index in [0.717, 1.165) is 0 Å². The summed E-state index contributed by atoms with van der Waals surface area (Å²) in [5.74, 6) is -0.109. The van der Waals surface area contributed by atoms with Crippen LogP contribution in [0.3, 0.4) is 0 Å². The lowest BCUT2D eigenvalue weighted by molar-refractivity contribution is -0.148. The highest BCUT2D eigenvalue weighted by Crippen LogP contribution is 2.02. The highest BCUT2D eigenvalue weighted by molar-refractivity contribution is 5.76. The third kappa shape index (κ3) is 3.69. The first-order valence-electron chi connectivity index (χ1n) is 4.08.